The quantitative estimate of drug-likeness (QED) is 0.842. The van der Waals surface area contributed by atoms with Crippen LogP contribution in [0.1, 0.15) is 38.1 Å². The van der Waals surface area contributed by atoms with Crippen LogP contribution < -0.4 is 0 Å². The van der Waals surface area contributed by atoms with Crippen LogP contribution in [0.4, 0.5) is 0 Å². The Hall–Kier alpha value is -1.35. The molecule has 0 radical (unpaired) electrons. The van der Waals surface area contributed by atoms with Crippen LogP contribution in [0.2, 0.25) is 0 Å². The van der Waals surface area contributed by atoms with Crippen LogP contribution in [0.25, 0.3) is 5.65 Å². The van der Waals surface area contributed by atoms with Gasteiger partial charge in [-0.3, -0.25) is 4.90 Å². The van der Waals surface area contributed by atoms with E-state index in [-0.39, 0.29) is 0 Å². The number of fused-ring (bicyclic) bond motifs is 1. The van der Waals surface area contributed by atoms with Gasteiger partial charge in [0.05, 0.1) is 5.69 Å². The number of rotatable bonds is 3. The zero-order valence-corrected chi connectivity index (χ0v) is 12.1. The van der Waals surface area contributed by atoms with E-state index in [4.69, 9.17) is 4.98 Å². The standard InChI is InChI=1S/C16H23N3/c1-12(2)18-9-5-7-15(18)10-14-11-19-13(3)6-4-8-16(19)17-14/h4,6,8,11-12,15H,5,7,9-10H2,1-3H3. The summed E-state index contributed by atoms with van der Waals surface area (Å²) in [6.45, 7) is 7.97. The Morgan fingerprint density at radius 3 is 2.95 bits per heavy atom. The molecule has 0 spiro atoms. The number of aromatic nitrogens is 2. The molecule has 1 unspecified atom stereocenters. The summed E-state index contributed by atoms with van der Waals surface area (Å²) < 4.78 is 2.20. The minimum Gasteiger partial charge on any atom is -0.304 e. The van der Waals surface area contributed by atoms with Crippen molar-refractivity contribution < 1.29 is 0 Å². The van der Waals surface area contributed by atoms with Crippen LogP contribution in [0.15, 0.2) is 24.4 Å². The van der Waals surface area contributed by atoms with E-state index in [1.165, 1.54) is 30.8 Å². The first-order valence-corrected chi connectivity index (χ1v) is 7.34. The first-order chi connectivity index (χ1) is 9.15. The van der Waals surface area contributed by atoms with Crippen molar-refractivity contribution in [2.75, 3.05) is 6.54 Å². The summed E-state index contributed by atoms with van der Waals surface area (Å²) in [7, 11) is 0. The van der Waals surface area contributed by atoms with Gasteiger partial charge >= 0.3 is 0 Å². The van der Waals surface area contributed by atoms with Gasteiger partial charge in [-0.25, -0.2) is 4.98 Å². The second-order valence-corrected chi connectivity index (χ2v) is 5.96. The minimum absolute atomic E-state index is 0.645. The van der Waals surface area contributed by atoms with Crippen molar-refractivity contribution in [3.05, 3.63) is 35.8 Å². The van der Waals surface area contributed by atoms with Gasteiger partial charge in [-0.05, 0) is 52.3 Å². The van der Waals surface area contributed by atoms with E-state index in [1.54, 1.807) is 0 Å². The number of nitrogens with zero attached hydrogens (tertiary/aromatic N) is 3. The van der Waals surface area contributed by atoms with E-state index in [0.29, 0.717) is 12.1 Å². The molecule has 3 nitrogen and oxygen atoms in total. The van der Waals surface area contributed by atoms with Gasteiger partial charge in [0.2, 0.25) is 0 Å². The van der Waals surface area contributed by atoms with Crippen molar-refractivity contribution in [3.8, 4) is 0 Å². The van der Waals surface area contributed by atoms with Gasteiger partial charge in [-0.15, -0.1) is 0 Å². The first-order valence-electron chi connectivity index (χ1n) is 7.34. The molecular formula is C16H23N3. The highest BCUT2D eigenvalue weighted by Crippen LogP contribution is 2.23. The highest BCUT2D eigenvalue weighted by Gasteiger charge is 2.27. The highest BCUT2D eigenvalue weighted by molar-refractivity contribution is 5.41. The first kappa shape index (κ1) is 12.7. The van der Waals surface area contributed by atoms with E-state index in [0.717, 1.165) is 12.1 Å². The largest absolute Gasteiger partial charge is 0.304 e. The van der Waals surface area contributed by atoms with E-state index in [2.05, 4.69) is 54.5 Å². The van der Waals surface area contributed by atoms with Gasteiger partial charge in [0.1, 0.15) is 5.65 Å². The molecule has 0 aromatic carbocycles. The third kappa shape index (κ3) is 2.39. The maximum atomic E-state index is 4.77. The second-order valence-electron chi connectivity index (χ2n) is 5.96. The molecule has 1 atom stereocenters. The maximum Gasteiger partial charge on any atom is 0.137 e. The number of pyridine rings is 1. The van der Waals surface area contributed by atoms with E-state index >= 15 is 0 Å². The molecule has 3 rings (SSSR count). The van der Waals surface area contributed by atoms with Crippen molar-refractivity contribution in [2.24, 2.45) is 0 Å². The lowest BCUT2D eigenvalue weighted by Gasteiger charge is -2.27. The minimum atomic E-state index is 0.645. The van der Waals surface area contributed by atoms with Crippen LogP contribution in [0.5, 0.6) is 0 Å². The molecule has 2 aromatic rings. The summed E-state index contributed by atoms with van der Waals surface area (Å²) in [4.78, 5) is 7.39. The molecule has 19 heavy (non-hydrogen) atoms. The fourth-order valence-electron chi connectivity index (χ4n) is 3.30. The molecule has 0 saturated carbocycles. The smallest absolute Gasteiger partial charge is 0.137 e. The molecule has 0 N–H and O–H groups in total. The second kappa shape index (κ2) is 4.97. The van der Waals surface area contributed by atoms with E-state index in [1.807, 2.05) is 0 Å². The van der Waals surface area contributed by atoms with Crippen molar-refractivity contribution in [3.63, 3.8) is 0 Å². The fraction of sp³-hybridized carbons (Fsp3) is 0.562. The zero-order chi connectivity index (χ0) is 13.4. The molecule has 3 heteroatoms. The molecule has 1 saturated heterocycles. The Bertz CT molecular complexity index is 570. The monoisotopic (exact) mass is 257 g/mol. The zero-order valence-electron chi connectivity index (χ0n) is 12.1. The summed E-state index contributed by atoms with van der Waals surface area (Å²) in [6.07, 6.45) is 5.93. The summed E-state index contributed by atoms with van der Waals surface area (Å²) >= 11 is 0. The maximum absolute atomic E-state index is 4.77. The van der Waals surface area contributed by atoms with Gasteiger partial charge in [0.25, 0.3) is 0 Å². The normalized spacial score (nSPS) is 20.7. The summed E-state index contributed by atoms with van der Waals surface area (Å²) in [5.74, 6) is 0. The van der Waals surface area contributed by atoms with Crippen LogP contribution in [0.3, 0.4) is 0 Å². The Labute approximate surface area is 115 Å². The lowest BCUT2D eigenvalue weighted by molar-refractivity contribution is 0.202. The van der Waals surface area contributed by atoms with Gasteiger partial charge in [-0.1, -0.05) is 6.07 Å². The lowest BCUT2D eigenvalue weighted by Crippen LogP contribution is -2.36. The Balaban J connectivity index is 1.83. The van der Waals surface area contributed by atoms with Crippen LogP contribution in [0, 0.1) is 6.92 Å². The predicted octanol–water partition coefficient (Wildman–Crippen LogP) is 3.06. The molecule has 0 aliphatic carbocycles. The third-order valence-corrected chi connectivity index (χ3v) is 4.28. The number of aryl methyl sites for hydroxylation is 1. The fourth-order valence-corrected chi connectivity index (χ4v) is 3.30. The van der Waals surface area contributed by atoms with Gasteiger partial charge in [0.15, 0.2) is 0 Å². The Morgan fingerprint density at radius 2 is 2.21 bits per heavy atom. The average molecular weight is 257 g/mol. The van der Waals surface area contributed by atoms with Crippen molar-refractivity contribution in [1.82, 2.24) is 14.3 Å². The summed E-state index contributed by atoms with van der Waals surface area (Å²) in [6, 6.07) is 7.62. The van der Waals surface area contributed by atoms with E-state index < -0.39 is 0 Å². The molecule has 3 heterocycles. The van der Waals surface area contributed by atoms with Gasteiger partial charge < -0.3 is 4.40 Å². The molecule has 1 fully saturated rings. The molecular weight excluding hydrogens is 234 g/mol. The van der Waals surface area contributed by atoms with Gasteiger partial charge in [-0.2, -0.15) is 0 Å². The number of imidazole rings is 1. The van der Waals surface area contributed by atoms with Crippen molar-refractivity contribution in [1.29, 1.82) is 0 Å². The molecule has 2 aromatic heterocycles. The number of likely N-dealkylation sites (tertiary alicyclic amines) is 1. The molecule has 102 valence electrons. The molecule has 0 bridgehead atoms. The van der Waals surface area contributed by atoms with Gasteiger partial charge in [0, 0.05) is 30.4 Å². The average Bonchev–Trinajstić information content (AvgIpc) is 2.96. The molecule has 1 aliphatic rings. The Kier molecular flexibility index (Phi) is 3.31. The van der Waals surface area contributed by atoms with Crippen LogP contribution in [-0.4, -0.2) is 32.9 Å². The number of hydrogen-bond donors (Lipinski definition) is 0. The predicted molar refractivity (Wildman–Crippen MR) is 78.5 cm³/mol. The highest BCUT2D eigenvalue weighted by atomic mass is 15.2. The SMILES string of the molecule is Cc1cccc2nc(CC3CCCN3C(C)C)cn12. The molecule has 0 amide bonds. The molecule has 1 aliphatic heterocycles. The van der Waals surface area contributed by atoms with Crippen molar-refractivity contribution >= 4 is 5.65 Å². The lowest BCUT2D eigenvalue weighted by atomic mass is 10.1. The topological polar surface area (TPSA) is 20.5 Å². The van der Waals surface area contributed by atoms with Crippen LogP contribution >= 0.6 is 0 Å². The van der Waals surface area contributed by atoms with Crippen LogP contribution in [-0.2, 0) is 6.42 Å². The third-order valence-electron chi connectivity index (χ3n) is 4.28. The van der Waals surface area contributed by atoms with Crippen molar-refractivity contribution in [2.45, 2.75) is 52.1 Å². The Morgan fingerprint density at radius 1 is 1.37 bits per heavy atom. The number of hydrogen-bond acceptors (Lipinski definition) is 2. The summed E-state index contributed by atoms with van der Waals surface area (Å²) in [5.41, 5.74) is 3.55. The van der Waals surface area contributed by atoms with E-state index in [9.17, 15) is 0 Å². The summed E-state index contributed by atoms with van der Waals surface area (Å²) in [5, 5.41) is 0.